The second-order valence-electron chi connectivity index (χ2n) is 6.39. The number of nitrogens with zero attached hydrogens (tertiary/aromatic N) is 4. The number of hydrogen-bond acceptors (Lipinski definition) is 4. The predicted molar refractivity (Wildman–Crippen MR) is 96.8 cm³/mol. The average molecular weight is 348 g/mol. The highest BCUT2D eigenvalue weighted by Gasteiger charge is 2.32. The third-order valence-electron chi connectivity index (χ3n) is 4.71. The Morgan fingerprint density at radius 1 is 1.23 bits per heavy atom. The molecule has 0 radical (unpaired) electrons. The van der Waals surface area contributed by atoms with E-state index in [1.54, 1.807) is 19.4 Å². The van der Waals surface area contributed by atoms with E-state index >= 15 is 0 Å². The van der Waals surface area contributed by atoms with E-state index in [4.69, 9.17) is 4.74 Å². The number of carbonyl (C=O) groups excluding carboxylic acids is 1. The van der Waals surface area contributed by atoms with Crippen molar-refractivity contribution in [3.05, 3.63) is 77.6 Å². The number of fused-ring (bicyclic) bond motifs is 1. The molecule has 1 atom stereocenters. The number of rotatable bonds is 3. The normalized spacial score (nSPS) is 16.2. The Bertz CT molecular complexity index is 950. The van der Waals surface area contributed by atoms with Crippen molar-refractivity contribution in [3.63, 3.8) is 0 Å². The zero-order chi connectivity index (χ0) is 18.1. The minimum Gasteiger partial charge on any atom is -0.497 e. The summed E-state index contributed by atoms with van der Waals surface area (Å²) >= 11 is 0. The van der Waals surface area contributed by atoms with E-state index in [0.717, 1.165) is 22.8 Å². The number of carbonyl (C=O) groups is 1. The molecule has 3 aromatic rings. The van der Waals surface area contributed by atoms with Crippen LogP contribution >= 0.6 is 0 Å². The summed E-state index contributed by atoms with van der Waals surface area (Å²) in [6, 6.07) is 13.3. The number of aryl methyl sites for hydroxylation is 1. The molecule has 1 aliphatic heterocycles. The standard InChI is InChI=1S/C20H20N4O2/c1-14-5-3-8-17(22-14)20(25)24-13-19-21-9-10-23(19)12-18(24)15-6-4-7-16(11-15)26-2/h3-11,18H,12-13H2,1-2H3. The Balaban J connectivity index is 1.75. The van der Waals surface area contributed by atoms with Crippen molar-refractivity contribution < 1.29 is 9.53 Å². The molecule has 0 saturated heterocycles. The number of imidazole rings is 1. The second-order valence-corrected chi connectivity index (χ2v) is 6.39. The number of methoxy groups -OCH3 is 1. The van der Waals surface area contributed by atoms with Gasteiger partial charge in [-0.15, -0.1) is 0 Å². The lowest BCUT2D eigenvalue weighted by Crippen LogP contribution is -2.41. The third kappa shape index (κ3) is 2.94. The molecular weight excluding hydrogens is 328 g/mol. The molecule has 6 heteroatoms. The fraction of sp³-hybridized carbons (Fsp3) is 0.250. The Morgan fingerprint density at radius 3 is 2.88 bits per heavy atom. The van der Waals surface area contributed by atoms with Gasteiger partial charge in [-0.25, -0.2) is 9.97 Å². The number of benzene rings is 1. The maximum atomic E-state index is 13.2. The summed E-state index contributed by atoms with van der Waals surface area (Å²) in [4.78, 5) is 23.9. The zero-order valence-electron chi connectivity index (χ0n) is 14.8. The summed E-state index contributed by atoms with van der Waals surface area (Å²) in [6.07, 6.45) is 3.73. The first-order chi connectivity index (χ1) is 12.7. The quantitative estimate of drug-likeness (QED) is 0.730. The lowest BCUT2D eigenvalue weighted by atomic mass is 10.0. The summed E-state index contributed by atoms with van der Waals surface area (Å²) in [5, 5.41) is 0. The number of ether oxygens (including phenoxy) is 1. The first kappa shape index (κ1) is 16.3. The van der Waals surface area contributed by atoms with Gasteiger partial charge in [-0.1, -0.05) is 18.2 Å². The number of hydrogen-bond donors (Lipinski definition) is 0. The average Bonchev–Trinajstić information content (AvgIpc) is 3.14. The molecule has 0 bridgehead atoms. The molecule has 0 spiro atoms. The fourth-order valence-corrected chi connectivity index (χ4v) is 3.36. The summed E-state index contributed by atoms with van der Waals surface area (Å²) < 4.78 is 7.46. The van der Waals surface area contributed by atoms with Crippen LogP contribution in [0.15, 0.2) is 54.9 Å². The first-order valence-corrected chi connectivity index (χ1v) is 8.54. The van der Waals surface area contributed by atoms with Gasteiger partial charge in [-0.2, -0.15) is 0 Å². The van der Waals surface area contributed by atoms with Crippen LogP contribution in [0.3, 0.4) is 0 Å². The molecule has 0 fully saturated rings. The van der Waals surface area contributed by atoms with Crippen molar-refractivity contribution >= 4 is 5.91 Å². The highest BCUT2D eigenvalue weighted by molar-refractivity contribution is 5.92. The lowest BCUT2D eigenvalue weighted by molar-refractivity contribution is 0.0577. The third-order valence-corrected chi connectivity index (χ3v) is 4.71. The Morgan fingerprint density at radius 2 is 2.08 bits per heavy atom. The molecule has 0 saturated carbocycles. The highest BCUT2D eigenvalue weighted by atomic mass is 16.5. The van der Waals surface area contributed by atoms with Crippen LogP contribution in [0.5, 0.6) is 5.75 Å². The molecule has 1 amide bonds. The monoisotopic (exact) mass is 348 g/mol. The van der Waals surface area contributed by atoms with E-state index < -0.39 is 0 Å². The Labute approximate surface area is 152 Å². The van der Waals surface area contributed by atoms with Crippen molar-refractivity contribution in [2.24, 2.45) is 0 Å². The second kappa shape index (κ2) is 6.63. The van der Waals surface area contributed by atoms with E-state index in [9.17, 15) is 4.79 Å². The number of pyridine rings is 1. The van der Waals surface area contributed by atoms with Crippen molar-refractivity contribution in [2.75, 3.05) is 7.11 Å². The lowest BCUT2D eigenvalue weighted by Gasteiger charge is -2.36. The van der Waals surface area contributed by atoms with Crippen LogP contribution in [0.1, 0.15) is 33.6 Å². The topological polar surface area (TPSA) is 60.2 Å². The molecule has 6 nitrogen and oxygen atoms in total. The smallest absolute Gasteiger partial charge is 0.273 e. The fourth-order valence-electron chi connectivity index (χ4n) is 3.36. The van der Waals surface area contributed by atoms with Crippen LogP contribution in [0.25, 0.3) is 0 Å². The molecule has 26 heavy (non-hydrogen) atoms. The molecule has 0 aliphatic carbocycles. The summed E-state index contributed by atoms with van der Waals surface area (Å²) in [7, 11) is 1.65. The highest BCUT2D eigenvalue weighted by Crippen LogP contribution is 2.32. The summed E-state index contributed by atoms with van der Waals surface area (Å²) in [5.74, 6) is 1.57. The van der Waals surface area contributed by atoms with Crippen LogP contribution in [0.4, 0.5) is 0 Å². The molecule has 0 N–H and O–H groups in total. The van der Waals surface area contributed by atoms with Crippen LogP contribution in [-0.4, -0.2) is 32.5 Å². The van der Waals surface area contributed by atoms with Gasteiger partial charge in [-0.05, 0) is 36.8 Å². The van der Waals surface area contributed by atoms with Crippen molar-refractivity contribution in [1.82, 2.24) is 19.4 Å². The van der Waals surface area contributed by atoms with E-state index in [2.05, 4.69) is 14.5 Å². The van der Waals surface area contributed by atoms with Crippen molar-refractivity contribution in [3.8, 4) is 5.75 Å². The van der Waals surface area contributed by atoms with Crippen LogP contribution in [0.2, 0.25) is 0 Å². The molecular formula is C20H20N4O2. The summed E-state index contributed by atoms with van der Waals surface area (Å²) in [5.41, 5.74) is 2.31. The van der Waals surface area contributed by atoms with E-state index in [1.807, 2.05) is 54.4 Å². The summed E-state index contributed by atoms with van der Waals surface area (Å²) in [6.45, 7) is 2.99. The maximum Gasteiger partial charge on any atom is 0.273 e. The van der Waals surface area contributed by atoms with Gasteiger partial charge in [-0.3, -0.25) is 4.79 Å². The predicted octanol–water partition coefficient (Wildman–Crippen LogP) is 2.99. The molecule has 1 unspecified atom stereocenters. The Hall–Kier alpha value is -3.15. The SMILES string of the molecule is COc1cccc(C2Cn3ccnc3CN2C(=O)c2cccc(C)n2)c1. The van der Waals surface area contributed by atoms with Gasteiger partial charge >= 0.3 is 0 Å². The molecule has 1 aromatic carbocycles. The number of amides is 1. The molecule has 2 aromatic heterocycles. The van der Waals surface area contributed by atoms with E-state index in [1.165, 1.54) is 0 Å². The molecule has 3 heterocycles. The van der Waals surface area contributed by atoms with Crippen LogP contribution < -0.4 is 4.74 Å². The minimum atomic E-state index is -0.110. The largest absolute Gasteiger partial charge is 0.497 e. The van der Waals surface area contributed by atoms with Gasteiger partial charge in [0.05, 0.1) is 19.7 Å². The van der Waals surface area contributed by atoms with Crippen LogP contribution in [-0.2, 0) is 13.1 Å². The van der Waals surface area contributed by atoms with Gasteiger partial charge in [0.15, 0.2) is 0 Å². The van der Waals surface area contributed by atoms with Gasteiger partial charge < -0.3 is 14.2 Å². The number of aromatic nitrogens is 3. The van der Waals surface area contributed by atoms with Crippen LogP contribution in [0, 0.1) is 6.92 Å². The minimum absolute atomic E-state index is 0.0873. The van der Waals surface area contributed by atoms with Crippen molar-refractivity contribution in [2.45, 2.75) is 26.1 Å². The van der Waals surface area contributed by atoms with Gasteiger partial charge in [0, 0.05) is 24.6 Å². The zero-order valence-corrected chi connectivity index (χ0v) is 14.8. The van der Waals surface area contributed by atoms with E-state index in [-0.39, 0.29) is 11.9 Å². The molecule has 1 aliphatic rings. The van der Waals surface area contributed by atoms with Gasteiger partial charge in [0.2, 0.25) is 0 Å². The van der Waals surface area contributed by atoms with Gasteiger partial charge in [0.25, 0.3) is 5.91 Å². The van der Waals surface area contributed by atoms with Gasteiger partial charge in [0.1, 0.15) is 17.3 Å². The first-order valence-electron chi connectivity index (χ1n) is 8.54. The van der Waals surface area contributed by atoms with E-state index in [0.29, 0.717) is 18.8 Å². The van der Waals surface area contributed by atoms with Crippen molar-refractivity contribution in [1.29, 1.82) is 0 Å². The Kier molecular flexibility index (Phi) is 4.16. The molecule has 4 rings (SSSR count). The maximum absolute atomic E-state index is 13.2. The molecule has 132 valence electrons.